The van der Waals surface area contributed by atoms with Crippen LogP contribution in [0.25, 0.3) is 0 Å². The number of rotatable bonds is 4. The number of benzene rings is 1. The van der Waals surface area contributed by atoms with Crippen LogP contribution in [0.1, 0.15) is 37.7 Å². The van der Waals surface area contributed by atoms with Crippen LogP contribution in [0.5, 0.6) is 5.75 Å². The number of nitrogens with zero attached hydrogens (tertiary/aromatic N) is 1. The second-order valence-corrected chi connectivity index (χ2v) is 9.03. The highest BCUT2D eigenvalue weighted by Gasteiger charge is 2.35. The Hall–Kier alpha value is -1.76. The van der Waals surface area contributed by atoms with Crippen molar-refractivity contribution < 1.29 is 17.9 Å². The van der Waals surface area contributed by atoms with Crippen LogP contribution < -0.4 is 14.4 Å². The Kier molecular flexibility index (Phi) is 5.22. The van der Waals surface area contributed by atoms with E-state index in [2.05, 4.69) is 5.32 Å². The molecule has 1 atom stereocenters. The average Bonchev–Trinajstić information content (AvgIpc) is 2.58. The van der Waals surface area contributed by atoms with Crippen LogP contribution in [0.2, 0.25) is 0 Å². The summed E-state index contributed by atoms with van der Waals surface area (Å²) in [6.07, 6.45) is 6.32. The molecule has 7 heteroatoms. The zero-order valence-electron chi connectivity index (χ0n) is 14.8. The molecule has 2 aliphatic rings. The van der Waals surface area contributed by atoms with E-state index in [1.54, 1.807) is 12.1 Å². The minimum absolute atomic E-state index is 0.00574. The molecule has 1 aliphatic carbocycles. The van der Waals surface area contributed by atoms with Gasteiger partial charge in [-0.3, -0.25) is 9.10 Å². The van der Waals surface area contributed by atoms with Gasteiger partial charge in [-0.15, -0.1) is 0 Å². The Balaban J connectivity index is 1.72. The van der Waals surface area contributed by atoms with E-state index in [1.807, 2.05) is 13.0 Å². The number of aryl methyl sites for hydroxylation is 1. The van der Waals surface area contributed by atoms with Crippen molar-refractivity contribution in [2.24, 2.45) is 5.92 Å². The lowest BCUT2D eigenvalue weighted by molar-refractivity contribution is -0.128. The van der Waals surface area contributed by atoms with Crippen LogP contribution in [0.4, 0.5) is 5.69 Å². The molecule has 0 saturated heterocycles. The molecule has 0 aromatic heterocycles. The number of carbonyl (C=O) groups excluding carboxylic acids is 1. The van der Waals surface area contributed by atoms with Crippen LogP contribution in [0.15, 0.2) is 18.2 Å². The third-order valence-corrected chi connectivity index (χ3v) is 6.11. The maximum absolute atomic E-state index is 12.5. The van der Waals surface area contributed by atoms with Gasteiger partial charge in [0, 0.05) is 6.54 Å². The van der Waals surface area contributed by atoms with Crippen molar-refractivity contribution in [2.75, 3.05) is 23.7 Å². The first-order chi connectivity index (χ1) is 11.8. The Labute approximate surface area is 149 Å². The summed E-state index contributed by atoms with van der Waals surface area (Å²) >= 11 is 0. The fourth-order valence-corrected chi connectivity index (χ4v) is 4.47. The quantitative estimate of drug-likeness (QED) is 0.886. The lowest BCUT2D eigenvalue weighted by Crippen LogP contribution is -2.51. The molecule has 1 aromatic carbocycles. The van der Waals surface area contributed by atoms with E-state index >= 15 is 0 Å². The SMILES string of the molecule is Cc1ccc2c(c1)N(S(C)(=O)=O)C[C@@H](C(=O)NCC1CCCCC1)O2. The van der Waals surface area contributed by atoms with E-state index in [0.717, 1.165) is 24.7 Å². The van der Waals surface area contributed by atoms with Gasteiger partial charge in [-0.25, -0.2) is 8.42 Å². The molecule has 6 nitrogen and oxygen atoms in total. The first kappa shape index (κ1) is 18.0. The van der Waals surface area contributed by atoms with Gasteiger partial charge in [0.15, 0.2) is 6.10 Å². The maximum Gasteiger partial charge on any atom is 0.263 e. The van der Waals surface area contributed by atoms with Crippen LogP contribution in [0, 0.1) is 12.8 Å². The standard InChI is InChI=1S/C18H26N2O4S/c1-13-8-9-16-15(10-13)20(25(2,22)23)12-17(24-16)18(21)19-11-14-6-4-3-5-7-14/h8-10,14,17H,3-7,11-12H2,1-2H3,(H,19,21)/t17-/m0/s1. The van der Waals surface area contributed by atoms with Gasteiger partial charge in [-0.1, -0.05) is 25.3 Å². The van der Waals surface area contributed by atoms with E-state index < -0.39 is 16.1 Å². The summed E-state index contributed by atoms with van der Waals surface area (Å²) in [5.41, 5.74) is 1.44. The minimum atomic E-state index is -3.48. The summed E-state index contributed by atoms with van der Waals surface area (Å²) < 4.78 is 31.4. The van der Waals surface area contributed by atoms with Crippen molar-refractivity contribution >= 4 is 21.6 Å². The molecule has 1 N–H and O–H groups in total. The van der Waals surface area contributed by atoms with Gasteiger partial charge in [0.25, 0.3) is 5.91 Å². The molecule has 0 bridgehead atoms. The molecule has 1 aliphatic heterocycles. The summed E-state index contributed by atoms with van der Waals surface area (Å²) in [5, 5.41) is 2.95. The van der Waals surface area contributed by atoms with Crippen LogP contribution in [0.3, 0.4) is 0 Å². The van der Waals surface area contributed by atoms with Gasteiger partial charge >= 0.3 is 0 Å². The molecule has 0 spiro atoms. The molecular formula is C18H26N2O4S. The lowest BCUT2D eigenvalue weighted by Gasteiger charge is -2.34. The van der Waals surface area contributed by atoms with Crippen LogP contribution in [-0.2, 0) is 14.8 Å². The van der Waals surface area contributed by atoms with Crippen molar-refractivity contribution in [1.82, 2.24) is 5.32 Å². The van der Waals surface area contributed by atoms with Crippen LogP contribution in [-0.4, -0.2) is 39.8 Å². The largest absolute Gasteiger partial charge is 0.476 e. The number of ether oxygens (including phenoxy) is 1. The molecule has 1 aromatic rings. The summed E-state index contributed by atoms with van der Waals surface area (Å²) in [5.74, 6) is 0.702. The van der Waals surface area contributed by atoms with E-state index in [9.17, 15) is 13.2 Å². The predicted molar refractivity (Wildman–Crippen MR) is 97.4 cm³/mol. The van der Waals surface area contributed by atoms with E-state index in [4.69, 9.17) is 4.74 Å². The highest BCUT2D eigenvalue weighted by molar-refractivity contribution is 7.92. The minimum Gasteiger partial charge on any atom is -0.476 e. The number of fused-ring (bicyclic) bond motifs is 1. The molecular weight excluding hydrogens is 340 g/mol. The molecule has 1 heterocycles. The van der Waals surface area contributed by atoms with E-state index in [-0.39, 0.29) is 12.5 Å². The first-order valence-corrected chi connectivity index (χ1v) is 10.7. The van der Waals surface area contributed by atoms with Crippen molar-refractivity contribution in [2.45, 2.75) is 45.1 Å². The molecule has 1 fully saturated rings. The smallest absolute Gasteiger partial charge is 0.263 e. The zero-order valence-corrected chi connectivity index (χ0v) is 15.6. The van der Waals surface area contributed by atoms with Gasteiger partial charge in [0.1, 0.15) is 5.75 Å². The Morgan fingerprint density at radius 2 is 2.00 bits per heavy atom. The molecule has 138 valence electrons. The summed E-state index contributed by atoms with van der Waals surface area (Å²) in [4.78, 5) is 12.5. The lowest BCUT2D eigenvalue weighted by atomic mass is 9.89. The predicted octanol–water partition coefficient (Wildman–Crippen LogP) is 2.22. The number of carbonyl (C=O) groups is 1. The number of nitrogens with one attached hydrogen (secondary N) is 1. The van der Waals surface area contributed by atoms with Gasteiger partial charge < -0.3 is 10.1 Å². The van der Waals surface area contributed by atoms with Gasteiger partial charge in [0.2, 0.25) is 10.0 Å². The van der Waals surface area contributed by atoms with Crippen LogP contribution >= 0.6 is 0 Å². The number of sulfonamides is 1. The van der Waals surface area contributed by atoms with Crippen molar-refractivity contribution in [3.8, 4) is 5.75 Å². The first-order valence-electron chi connectivity index (χ1n) is 8.87. The number of amides is 1. The highest BCUT2D eigenvalue weighted by atomic mass is 32.2. The van der Waals surface area contributed by atoms with Gasteiger partial charge in [-0.2, -0.15) is 0 Å². The summed E-state index contributed by atoms with van der Waals surface area (Å²) in [6.45, 7) is 2.54. The highest BCUT2D eigenvalue weighted by Crippen LogP contribution is 2.35. The van der Waals surface area contributed by atoms with Crippen molar-refractivity contribution in [1.29, 1.82) is 0 Å². The summed E-state index contributed by atoms with van der Waals surface area (Å²) in [6, 6.07) is 5.34. The third-order valence-electron chi connectivity index (χ3n) is 4.97. The van der Waals surface area contributed by atoms with E-state index in [0.29, 0.717) is 23.9 Å². The molecule has 0 unspecified atom stereocenters. The van der Waals surface area contributed by atoms with E-state index in [1.165, 1.54) is 23.6 Å². The topological polar surface area (TPSA) is 75.7 Å². The Bertz CT molecular complexity index is 741. The van der Waals surface area contributed by atoms with Crippen molar-refractivity contribution in [3.63, 3.8) is 0 Å². The Morgan fingerprint density at radius 1 is 1.28 bits per heavy atom. The monoisotopic (exact) mass is 366 g/mol. The average molecular weight is 366 g/mol. The maximum atomic E-state index is 12.5. The fourth-order valence-electron chi connectivity index (χ4n) is 3.56. The molecule has 1 amide bonds. The Morgan fingerprint density at radius 3 is 2.68 bits per heavy atom. The molecule has 25 heavy (non-hydrogen) atoms. The molecule has 1 saturated carbocycles. The second-order valence-electron chi connectivity index (χ2n) is 7.12. The number of hydrogen-bond acceptors (Lipinski definition) is 4. The number of anilines is 1. The number of hydrogen-bond donors (Lipinski definition) is 1. The molecule has 0 radical (unpaired) electrons. The third kappa shape index (κ3) is 4.26. The fraction of sp³-hybridized carbons (Fsp3) is 0.611. The van der Waals surface area contributed by atoms with Crippen molar-refractivity contribution in [3.05, 3.63) is 23.8 Å². The summed E-state index contributed by atoms with van der Waals surface area (Å²) in [7, 11) is -3.48. The normalized spacial score (nSPS) is 21.4. The molecule has 3 rings (SSSR count). The second kappa shape index (κ2) is 7.23. The van der Waals surface area contributed by atoms with Gasteiger partial charge in [-0.05, 0) is 43.4 Å². The van der Waals surface area contributed by atoms with Gasteiger partial charge in [0.05, 0.1) is 18.5 Å². The zero-order chi connectivity index (χ0) is 18.0.